The lowest BCUT2D eigenvalue weighted by Crippen LogP contribution is -2.11. The van der Waals surface area contributed by atoms with Gasteiger partial charge in [0, 0.05) is 10.2 Å². The Labute approximate surface area is 77.7 Å². The summed E-state index contributed by atoms with van der Waals surface area (Å²) in [7, 11) is 1.15. The number of hydrogen-bond donors (Lipinski definition) is 0. The SMILES string of the molecule is C=CC(C)Cc1ccccc1[SiH3]. The van der Waals surface area contributed by atoms with Crippen LogP contribution >= 0.6 is 0 Å². The summed E-state index contributed by atoms with van der Waals surface area (Å²) < 4.78 is 0. The van der Waals surface area contributed by atoms with Crippen LogP contribution in [0.3, 0.4) is 0 Å². The third-order valence-electron chi connectivity index (χ3n) is 2.21. The zero-order chi connectivity index (χ0) is 8.97. The summed E-state index contributed by atoms with van der Waals surface area (Å²) in [4.78, 5) is 0. The van der Waals surface area contributed by atoms with Crippen molar-refractivity contribution >= 4 is 15.4 Å². The fourth-order valence-corrected chi connectivity index (χ4v) is 1.83. The highest BCUT2D eigenvalue weighted by Gasteiger charge is 2.00. The minimum atomic E-state index is 0.597. The molecule has 0 aliphatic heterocycles. The highest BCUT2D eigenvalue weighted by molar-refractivity contribution is 6.33. The first-order valence-corrected chi connectivity index (χ1v) is 5.41. The molecular formula is C11H16Si. The van der Waals surface area contributed by atoms with Gasteiger partial charge in [0.05, 0.1) is 0 Å². The van der Waals surface area contributed by atoms with Crippen molar-refractivity contribution in [3.05, 3.63) is 42.5 Å². The van der Waals surface area contributed by atoms with Crippen LogP contribution in [0.4, 0.5) is 0 Å². The van der Waals surface area contributed by atoms with Gasteiger partial charge in [-0.25, -0.2) is 0 Å². The molecule has 1 aromatic carbocycles. The van der Waals surface area contributed by atoms with Gasteiger partial charge in [0.2, 0.25) is 0 Å². The molecule has 0 aliphatic rings. The lowest BCUT2D eigenvalue weighted by Gasteiger charge is -2.08. The maximum absolute atomic E-state index is 3.80. The third kappa shape index (κ3) is 2.34. The van der Waals surface area contributed by atoms with Crippen molar-refractivity contribution in [1.82, 2.24) is 0 Å². The van der Waals surface area contributed by atoms with Crippen molar-refractivity contribution in [3.63, 3.8) is 0 Å². The van der Waals surface area contributed by atoms with Gasteiger partial charge in [-0.15, -0.1) is 6.58 Å². The first kappa shape index (κ1) is 9.27. The quantitative estimate of drug-likeness (QED) is 0.477. The average molecular weight is 176 g/mol. The fraction of sp³-hybridized carbons (Fsp3) is 0.273. The molecule has 0 aliphatic carbocycles. The Hall–Kier alpha value is -0.823. The van der Waals surface area contributed by atoms with Gasteiger partial charge in [0.1, 0.15) is 0 Å². The van der Waals surface area contributed by atoms with Gasteiger partial charge >= 0.3 is 0 Å². The van der Waals surface area contributed by atoms with Gasteiger partial charge in [-0.2, -0.15) is 0 Å². The molecule has 0 radical (unpaired) electrons. The first-order valence-electron chi connectivity index (χ1n) is 4.41. The molecule has 1 aromatic rings. The van der Waals surface area contributed by atoms with Crippen LogP contribution in [0, 0.1) is 5.92 Å². The molecule has 1 unspecified atom stereocenters. The lowest BCUT2D eigenvalue weighted by molar-refractivity contribution is 0.728. The standard InChI is InChI=1S/C11H16Si/c1-3-9(2)8-10-6-4-5-7-11(10)12/h3-7,9H,1,8H2,2,12H3. The Morgan fingerprint density at radius 3 is 2.75 bits per heavy atom. The topological polar surface area (TPSA) is 0 Å². The molecule has 0 nitrogen and oxygen atoms in total. The highest BCUT2D eigenvalue weighted by atomic mass is 28.1. The summed E-state index contributed by atoms with van der Waals surface area (Å²) in [6, 6.07) is 8.68. The van der Waals surface area contributed by atoms with E-state index in [0.29, 0.717) is 5.92 Å². The molecule has 12 heavy (non-hydrogen) atoms. The van der Waals surface area contributed by atoms with Crippen molar-refractivity contribution in [2.24, 2.45) is 5.92 Å². The minimum Gasteiger partial charge on any atom is -0.103 e. The Kier molecular flexibility index (Phi) is 3.29. The second kappa shape index (κ2) is 4.26. The molecule has 1 rings (SSSR count). The monoisotopic (exact) mass is 176 g/mol. The maximum atomic E-state index is 3.80. The molecule has 0 saturated heterocycles. The number of allylic oxidation sites excluding steroid dienone is 1. The highest BCUT2D eigenvalue weighted by Crippen LogP contribution is 2.05. The number of benzene rings is 1. The van der Waals surface area contributed by atoms with Gasteiger partial charge in [-0.1, -0.05) is 42.5 Å². The Bertz CT molecular complexity index is 265. The van der Waals surface area contributed by atoms with Crippen LogP contribution < -0.4 is 5.19 Å². The predicted octanol–water partition coefficient (Wildman–Crippen LogP) is 1.04. The van der Waals surface area contributed by atoms with Gasteiger partial charge < -0.3 is 0 Å². The molecule has 0 bridgehead atoms. The average Bonchev–Trinajstić information content (AvgIpc) is 2.09. The van der Waals surface area contributed by atoms with Crippen LogP contribution in [-0.4, -0.2) is 10.2 Å². The lowest BCUT2D eigenvalue weighted by atomic mass is 10.0. The summed E-state index contributed by atoms with van der Waals surface area (Å²) >= 11 is 0. The van der Waals surface area contributed by atoms with Crippen molar-refractivity contribution in [2.45, 2.75) is 13.3 Å². The summed E-state index contributed by atoms with van der Waals surface area (Å²) in [5.74, 6) is 0.597. The van der Waals surface area contributed by atoms with E-state index in [-0.39, 0.29) is 0 Å². The normalized spacial score (nSPS) is 12.8. The minimum absolute atomic E-state index is 0.597. The maximum Gasteiger partial charge on any atom is 0.0388 e. The molecule has 0 fully saturated rings. The molecule has 0 N–H and O–H groups in total. The van der Waals surface area contributed by atoms with Gasteiger partial charge in [0.25, 0.3) is 0 Å². The first-order chi connectivity index (χ1) is 5.74. The largest absolute Gasteiger partial charge is 0.103 e. The van der Waals surface area contributed by atoms with E-state index in [1.807, 2.05) is 6.08 Å². The van der Waals surface area contributed by atoms with Gasteiger partial charge in [-0.3, -0.25) is 0 Å². The van der Waals surface area contributed by atoms with E-state index >= 15 is 0 Å². The van der Waals surface area contributed by atoms with Crippen molar-refractivity contribution < 1.29 is 0 Å². The number of hydrogen-bond acceptors (Lipinski definition) is 0. The van der Waals surface area contributed by atoms with Crippen LogP contribution in [0.15, 0.2) is 36.9 Å². The van der Waals surface area contributed by atoms with E-state index in [1.165, 1.54) is 10.8 Å². The zero-order valence-electron chi connectivity index (χ0n) is 7.88. The smallest absolute Gasteiger partial charge is 0.0388 e. The molecule has 1 atom stereocenters. The molecule has 64 valence electrons. The van der Waals surface area contributed by atoms with Crippen LogP contribution in [0.2, 0.25) is 0 Å². The van der Waals surface area contributed by atoms with Crippen molar-refractivity contribution in [2.75, 3.05) is 0 Å². The summed E-state index contributed by atoms with van der Waals surface area (Å²) in [5, 5.41) is 1.52. The Morgan fingerprint density at radius 1 is 1.50 bits per heavy atom. The van der Waals surface area contributed by atoms with Crippen LogP contribution in [0.1, 0.15) is 12.5 Å². The summed E-state index contributed by atoms with van der Waals surface area (Å²) in [5.41, 5.74) is 1.50. The summed E-state index contributed by atoms with van der Waals surface area (Å²) in [6.45, 7) is 6.01. The van der Waals surface area contributed by atoms with Crippen LogP contribution in [-0.2, 0) is 6.42 Å². The number of rotatable bonds is 3. The summed E-state index contributed by atoms with van der Waals surface area (Å²) in [6.07, 6.45) is 3.16. The van der Waals surface area contributed by atoms with E-state index in [9.17, 15) is 0 Å². The van der Waals surface area contributed by atoms with E-state index in [0.717, 1.165) is 16.7 Å². The fourth-order valence-electron chi connectivity index (χ4n) is 1.27. The zero-order valence-corrected chi connectivity index (χ0v) is 9.88. The molecular weight excluding hydrogens is 160 g/mol. The van der Waals surface area contributed by atoms with E-state index in [1.54, 1.807) is 0 Å². The van der Waals surface area contributed by atoms with Crippen molar-refractivity contribution in [3.8, 4) is 0 Å². The molecule has 0 saturated carbocycles. The van der Waals surface area contributed by atoms with Gasteiger partial charge in [0.15, 0.2) is 0 Å². The van der Waals surface area contributed by atoms with Crippen LogP contribution in [0.5, 0.6) is 0 Å². The van der Waals surface area contributed by atoms with E-state index < -0.39 is 0 Å². The predicted molar refractivity (Wildman–Crippen MR) is 59.1 cm³/mol. The van der Waals surface area contributed by atoms with E-state index in [2.05, 4.69) is 37.8 Å². The van der Waals surface area contributed by atoms with Crippen molar-refractivity contribution in [1.29, 1.82) is 0 Å². The molecule has 0 spiro atoms. The second-order valence-electron chi connectivity index (χ2n) is 3.34. The molecule has 0 heterocycles. The molecule has 0 aromatic heterocycles. The molecule has 1 heteroatoms. The Balaban J connectivity index is 2.75. The van der Waals surface area contributed by atoms with Crippen LogP contribution in [0.25, 0.3) is 0 Å². The second-order valence-corrected chi connectivity index (χ2v) is 4.42. The van der Waals surface area contributed by atoms with Gasteiger partial charge in [-0.05, 0) is 17.9 Å². The third-order valence-corrected chi connectivity index (χ3v) is 3.18. The van der Waals surface area contributed by atoms with E-state index in [4.69, 9.17) is 0 Å². The Morgan fingerprint density at radius 2 is 2.17 bits per heavy atom. The molecule has 0 amide bonds.